The summed E-state index contributed by atoms with van der Waals surface area (Å²) >= 11 is 0. The second-order valence-electron chi connectivity index (χ2n) is 8.42. The third kappa shape index (κ3) is 4.09. The van der Waals surface area contributed by atoms with Crippen molar-refractivity contribution in [1.29, 1.82) is 0 Å². The van der Waals surface area contributed by atoms with Crippen LogP contribution in [0.3, 0.4) is 0 Å². The van der Waals surface area contributed by atoms with Crippen LogP contribution in [0.1, 0.15) is 31.7 Å². The molecule has 1 N–H and O–H groups in total. The molecule has 3 saturated heterocycles. The van der Waals surface area contributed by atoms with Crippen LogP contribution in [0.25, 0.3) is 0 Å². The maximum absolute atomic E-state index is 12.8. The number of morpholine rings is 1. The zero-order valence-corrected chi connectivity index (χ0v) is 16.6. The van der Waals surface area contributed by atoms with E-state index in [1.54, 1.807) is 0 Å². The number of hydrogen-bond donors (Lipinski definition) is 1. The Balaban J connectivity index is 1.26. The van der Waals surface area contributed by atoms with Gasteiger partial charge in [-0.25, -0.2) is 4.79 Å². The van der Waals surface area contributed by atoms with Gasteiger partial charge in [0.2, 0.25) is 5.91 Å². The van der Waals surface area contributed by atoms with Gasteiger partial charge in [-0.05, 0) is 30.0 Å². The minimum atomic E-state index is -0.0969. The second kappa shape index (κ2) is 7.99. The number of likely N-dealkylation sites (tertiary alicyclic amines) is 2. The Morgan fingerprint density at radius 1 is 1.21 bits per heavy atom. The molecule has 0 aromatic heterocycles. The highest BCUT2D eigenvalue weighted by Crippen LogP contribution is 2.30. The number of benzene rings is 1. The van der Waals surface area contributed by atoms with Crippen LogP contribution in [-0.4, -0.2) is 73.3 Å². The van der Waals surface area contributed by atoms with Gasteiger partial charge in [0.15, 0.2) is 0 Å². The molecule has 1 aromatic rings. The largest absolute Gasteiger partial charge is 0.493 e. The van der Waals surface area contributed by atoms with Crippen LogP contribution in [0.4, 0.5) is 4.79 Å². The quantitative estimate of drug-likeness (QED) is 0.856. The highest BCUT2D eigenvalue weighted by Gasteiger charge is 2.40. The van der Waals surface area contributed by atoms with Crippen molar-refractivity contribution in [3.63, 3.8) is 0 Å². The zero-order valence-electron chi connectivity index (χ0n) is 16.6. The highest BCUT2D eigenvalue weighted by molar-refractivity contribution is 5.79. The molecule has 28 heavy (non-hydrogen) atoms. The number of carbonyl (C=O) groups excluding carboxylic acids is 2. The van der Waals surface area contributed by atoms with Crippen LogP contribution in [0, 0.1) is 5.92 Å². The number of nitrogens with one attached hydrogen (secondary N) is 1. The van der Waals surface area contributed by atoms with Crippen LogP contribution >= 0.6 is 0 Å². The van der Waals surface area contributed by atoms with Gasteiger partial charge in [-0.15, -0.1) is 0 Å². The molecule has 2 atom stereocenters. The molecule has 7 heteroatoms. The summed E-state index contributed by atoms with van der Waals surface area (Å²) in [5.41, 5.74) is 1.24. The first kappa shape index (κ1) is 19.1. The van der Waals surface area contributed by atoms with Gasteiger partial charge in [-0.2, -0.15) is 0 Å². The number of nitrogens with zero attached hydrogens (tertiary/aromatic N) is 2. The van der Waals surface area contributed by atoms with Gasteiger partial charge in [0.05, 0.1) is 18.8 Å². The molecule has 4 rings (SSSR count). The first-order chi connectivity index (χ1) is 13.5. The van der Waals surface area contributed by atoms with E-state index in [2.05, 4.69) is 31.3 Å². The number of carbonyl (C=O) groups is 2. The average molecular weight is 387 g/mol. The summed E-state index contributed by atoms with van der Waals surface area (Å²) in [6, 6.07) is 8.20. The molecule has 7 nitrogen and oxygen atoms in total. The van der Waals surface area contributed by atoms with Gasteiger partial charge in [0, 0.05) is 32.1 Å². The Bertz CT molecular complexity index is 715. The fraction of sp³-hybridized carbons (Fsp3) is 0.619. The molecule has 0 spiro atoms. The van der Waals surface area contributed by atoms with Crippen LogP contribution in [-0.2, 0) is 9.53 Å². The molecule has 3 aliphatic heterocycles. The van der Waals surface area contributed by atoms with Crippen molar-refractivity contribution in [2.75, 3.05) is 39.4 Å². The lowest BCUT2D eigenvalue weighted by atomic mass is 9.91. The molecule has 0 radical (unpaired) electrons. The van der Waals surface area contributed by atoms with Gasteiger partial charge in [0.1, 0.15) is 12.4 Å². The Morgan fingerprint density at radius 3 is 2.68 bits per heavy atom. The first-order valence-corrected chi connectivity index (χ1v) is 10.2. The number of amides is 3. The van der Waals surface area contributed by atoms with Crippen molar-refractivity contribution in [2.45, 2.75) is 38.3 Å². The monoisotopic (exact) mass is 387 g/mol. The van der Waals surface area contributed by atoms with E-state index in [0.29, 0.717) is 31.5 Å². The van der Waals surface area contributed by atoms with Crippen molar-refractivity contribution in [3.05, 3.63) is 29.8 Å². The lowest BCUT2D eigenvalue weighted by molar-refractivity contribution is -0.139. The van der Waals surface area contributed by atoms with E-state index in [1.165, 1.54) is 5.56 Å². The zero-order chi connectivity index (χ0) is 19.7. The van der Waals surface area contributed by atoms with Gasteiger partial charge in [-0.1, -0.05) is 26.0 Å². The van der Waals surface area contributed by atoms with Crippen molar-refractivity contribution >= 4 is 11.9 Å². The molecule has 0 unspecified atom stereocenters. The summed E-state index contributed by atoms with van der Waals surface area (Å²) in [6.07, 6.45) is 0.800. The van der Waals surface area contributed by atoms with Crippen molar-refractivity contribution in [2.24, 2.45) is 5.92 Å². The molecule has 0 saturated carbocycles. The van der Waals surface area contributed by atoms with Crippen LogP contribution < -0.4 is 10.1 Å². The third-order valence-electron chi connectivity index (χ3n) is 5.68. The fourth-order valence-electron chi connectivity index (χ4n) is 4.02. The molecular weight excluding hydrogens is 358 g/mol. The SMILES string of the molecule is CC(C)COc1ccc(C2CN(C(=O)N3CC[C@@H]4OCC(=O)N[C@@H]4C3)C2)cc1. The molecule has 0 bridgehead atoms. The molecular formula is C21H29N3O4. The molecule has 152 valence electrons. The Hall–Kier alpha value is -2.28. The lowest BCUT2D eigenvalue weighted by Gasteiger charge is -2.46. The van der Waals surface area contributed by atoms with Gasteiger partial charge < -0.3 is 24.6 Å². The number of fused-ring (bicyclic) bond motifs is 1. The smallest absolute Gasteiger partial charge is 0.320 e. The van der Waals surface area contributed by atoms with Gasteiger partial charge >= 0.3 is 6.03 Å². The summed E-state index contributed by atoms with van der Waals surface area (Å²) in [5, 5.41) is 2.95. The molecule has 0 aliphatic carbocycles. The normalized spacial score (nSPS) is 25.2. The molecule has 3 heterocycles. The van der Waals surface area contributed by atoms with E-state index in [0.717, 1.165) is 25.3 Å². The topological polar surface area (TPSA) is 71.1 Å². The number of ether oxygens (including phenoxy) is 2. The number of hydrogen-bond acceptors (Lipinski definition) is 4. The maximum Gasteiger partial charge on any atom is 0.320 e. The summed E-state index contributed by atoms with van der Waals surface area (Å²) in [7, 11) is 0. The van der Waals surface area contributed by atoms with E-state index >= 15 is 0 Å². The van der Waals surface area contributed by atoms with E-state index in [9.17, 15) is 9.59 Å². The first-order valence-electron chi connectivity index (χ1n) is 10.2. The van der Waals surface area contributed by atoms with E-state index in [1.807, 2.05) is 21.9 Å². The summed E-state index contributed by atoms with van der Waals surface area (Å²) < 4.78 is 11.3. The minimum Gasteiger partial charge on any atom is -0.493 e. The average Bonchev–Trinajstić information content (AvgIpc) is 2.65. The number of urea groups is 1. The van der Waals surface area contributed by atoms with E-state index in [-0.39, 0.29) is 30.7 Å². The number of rotatable bonds is 4. The van der Waals surface area contributed by atoms with Crippen molar-refractivity contribution in [1.82, 2.24) is 15.1 Å². The molecule has 3 fully saturated rings. The maximum atomic E-state index is 12.8. The second-order valence-corrected chi connectivity index (χ2v) is 8.42. The molecule has 3 amide bonds. The summed E-state index contributed by atoms with van der Waals surface area (Å²) in [6.45, 7) is 7.78. The Labute approximate surface area is 166 Å². The van der Waals surface area contributed by atoms with Crippen LogP contribution in [0.2, 0.25) is 0 Å². The van der Waals surface area contributed by atoms with Crippen molar-refractivity contribution < 1.29 is 19.1 Å². The van der Waals surface area contributed by atoms with E-state index in [4.69, 9.17) is 9.47 Å². The predicted molar refractivity (Wildman–Crippen MR) is 104 cm³/mol. The van der Waals surface area contributed by atoms with Crippen molar-refractivity contribution in [3.8, 4) is 5.75 Å². The standard InChI is InChI=1S/C21H29N3O4/c1-14(2)12-27-17-5-3-15(4-6-17)16-9-24(10-16)21(26)23-8-7-19-18(11-23)22-20(25)13-28-19/h3-6,14,16,18-19H,7-13H2,1-2H3,(H,22,25)/t18-,19+/m1/s1. The molecule has 3 aliphatic rings. The van der Waals surface area contributed by atoms with E-state index < -0.39 is 0 Å². The highest BCUT2D eigenvalue weighted by atomic mass is 16.5. The van der Waals surface area contributed by atoms with Crippen LogP contribution in [0.5, 0.6) is 5.75 Å². The van der Waals surface area contributed by atoms with Gasteiger partial charge in [-0.3, -0.25) is 4.79 Å². The lowest BCUT2D eigenvalue weighted by Crippen LogP contribution is -2.63. The predicted octanol–water partition coefficient (Wildman–Crippen LogP) is 1.83. The fourth-order valence-corrected chi connectivity index (χ4v) is 4.02. The molecule has 1 aromatic carbocycles. The minimum absolute atomic E-state index is 0.0299. The summed E-state index contributed by atoms with van der Waals surface area (Å²) in [4.78, 5) is 28.1. The summed E-state index contributed by atoms with van der Waals surface area (Å²) in [5.74, 6) is 1.67. The van der Waals surface area contributed by atoms with Gasteiger partial charge in [0.25, 0.3) is 0 Å². The third-order valence-corrected chi connectivity index (χ3v) is 5.68. The van der Waals surface area contributed by atoms with Crippen LogP contribution in [0.15, 0.2) is 24.3 Å². The Morgan fingerprint density at radius 2 is 1.96 bits per heavy atom. The Kier molecular flexibility index (Phi) is 5.44. The number of piperidine rings is 1.